The quantitative estimate of drug-likeness (QED) is 0.536. The first kappa shape index (κ1) is 18.4. The van der Waals surface area contributed by atoms with E-state index in [0.717, 1.165) is 35.2 Å². The van der Waals surface area contributed by atoms with E-state index in [1.807, 2.05) is 42.5 Å². The van der Waals surface area contributed by atoms with Crippen LogP contribution in [0.3, 0.4) is 0 Å². The molecule has 4 aromatic rings. The van der Waals surface area contributed by atoms with E-state index in [-0.39, 0.29) is 23.5 Å². The molecule has 0 amide bonds. The van der Waals surface area contributed by atoms with Gasteiger partial charge in [0.15, 0.2) is 0 Å². The van der Waals surface area contributed by atoms with Crippen LogP contribution in [-0.4, -0.2) is 9.97 Å². The standard InChI is InChI=1S/C23H19N3O.ClH/c24-23(11-12-23)17-8-6-16(7-9-17)21-18(15-4-2-1-3-5-15)14-19-20(26-21)10-13-25-22(19)27;/h1-10,13-14H,11-12,24H2,(H,25,27);1H. The molecule has 1 aliphatic carbocycles. The summed E-state index contributed by atoms with van der Waals surface area (Å²) in [7, 11) is 0. The number of aromatic nitrogens is 2. The van der Waals surface area contributed by atoms with E-state index in [4.69, 9.17) is 10.7 Å². The van der Waals surface area contributed by atoms with E-state index >= 15 is 0 Å². The molecular formula is C23H20ClN3O. The lowest BCUT2D eigenvalue weighted by molar-refractivity contribution is 0.740. The van der Waals surface area contributed by atoms with Crippen LogP contribution in [-0.2, 0) is 5.54 Å². The maximum absolute atomic E-state index is 12.3. The highest BCUT2D eigenvalue weighted by molar-refractivity contribution is 5.91. The fourth-order valence-electron chi connectivity index (χ4n) is 3.55. The molecule has 1 aliphatic rings. The summed E-state index contributed by atoms with van der Waals surface area (Å²) >= 11 is 0. The molecule has 0 unspecified atom stereocenters. The Bertz CT molecular complexity index is 1200. The number of H-pyrrole nitrogens is 1. The zero-order valence-corrected chi connectivity index (χ0v) is 16.0. The van der Waals surface area contributed by atoms with Gasteiger partial charge >= 0.3 is 0 Å². The third-order valence-electron chi connectivity index (χ3n) is 5.36. The molecule has 28 heavy (non-hydrogen) atoms. The normalized spacial score (nSPS) is 14.5. The summed E-state index contributed by atoms with van der Waals surface area (Å²) in [6.07, 6.45) is 3.72. The fourth-order valence-corrected chi connectivity index (χ4v) is 3.55. The van der Waals surface area contributed by atoms with Gasteiger partial charge in [-0.2, -0.15) is 0 Å². The molecule has 1 saturated carbocycles. The van der Waals surface area contributed by atoms with Crippen molar-refractivity contribution >= 4 is 23.3 Å². The number of rotatable bonds is 3. The summed E-state index contributed by atoms with van der Waals surface area (Å²) in [5.74, 6) is 0. The molecule has 2 aromatic carbocycles. The Kier molecular flexibility index (Phi) is 4.53. The summed E-state index contributed by atoms with van der Waals surface area (Å²) in [6, 6.07) is 22.2. The van der Waals surface area contributed by atoms with Crippen LogP contribution in [0.15, 0.2) is 77.7 Å². The average molecular weight is 390 g/mol. The smallest absolute Gasteiger partial charge is 0.257 e. The number of benzene rings is 2. The lowest BCUT2D eigenvalue weighted by atomic mass is 9.96. The van der Waals surface area contributed by atoms with Crippen molar-refractivity contribution in [3.63, 3.8) is 0 Å². The summed E-state index contributed by atoms with van der Waals surface area (Å²) < 4.78 is 0. The van der Waals surface area contributed by atoms with Crippen molar-refractivity contribution < 1.29 is 0 Å². The maximum atomic E-state index is 12.3. The minimum Gasteiger partial charge on any atom is -0.328 e. The SMILES string of the molecule is Cl.NC1(c2ccc(-c3nc4cc[nH]c(=O)c4cc3-c3ccccc3)cc2)CC1. The van der Waals surface area contributed by atoms with E-state index in [1.54, 1.807) is 6.20 Å². The van der Waals surface area contributed by atoms with Crippen molar-refractivity contribution in [3.8, 4) is 22.4 Å². The second-order valence-electron chi connectivity index (χ2n) is 7.22. The molecule has 5 heteroatoms. The molecule has 3 N–H and O–H groups in total. The number of aromatic amines is 1. The molecule has 0 spiro atoms. The van der Waals surface area contributed by atoms with Gasteiger partial charge in [-0.3, -0.25) is 4.79 Å². The number of halogens is 1. The predicted octanol–water partition coefficient (Wildman–Crippen LogP) is 4.63. The van der Waals surface area contributed by atoms with Crippen LogP contribution >= 0.6 is 12.4 Å². The minimum atomic E-state index is -0.148. The van der Waals surface area contributed by atoms with Gasteiger partial charge in [0.25, 0.3) is 5.56 Å². The Morgan fingerprint density at radius 3 is 2.32 bits per heavy atom. The second kappa shape index (κ2) is 6.89. The van der Waals surface area contributed by atoms with Crippen molar-refractivity contribution in [2.24, 2.45) is 5.73 Å². The molecule has 2 heterocycles. The third-order valence-corrected chi connectivity index (χ3v) is 5.36. The highest BCUT2D eigenvalue weighted by atomic mass is 35.5. The fraction of sp³-hybridized carbons (Fsp3) is 0.130. The predicted molar refractivity (Wildman–Crippen MR) is 116 cm³/mol. The van der Waals surface area contributed by atoms with Crippen LogP contribution in [0.5, 0.6) is 0 Å². The number of fused-ring (bicyclic) bond motifs is 1. The Morgan fingerprint density at radius 2 is 1.64 bits per heavy atom. The van der Waals surface area contributed by atoms with Gasteiger partial charge < -0.3 is 10.7 Å². The summed E-state index contributed by atoms with van der Waals surface area (Å²) in [5.41, 5.74) is 11.8. The summed E-state index contributed by atoms with van der Waals surface area (Å²) in [6.45, 7) is 0. The summed E-state index contributed by atoms with van der Waals surface area (Å²) in [5, 5.41) is 0.593. The highest BCUT2D eigenvalue weighted by Gasteiger charge is 2.39. The summed E-state index contributed by atoms with van der Waals surface area (Å²) in [4.78, 5) is 19.8. The van der Waals surface area contributed by atoms with Gasteiger partial charge in [0.2, 0.25) is 0 Å². The molecule has 1 fully saturated rings. The van der Waals surface area contributed by atoms with Gasteiger partial charge in [-0.05, 0) is 36.1 Å². The first-order valence-corrected chi connectivity index (χ1v) is 9.12. The van der Waals surface area contributed by atoms with Crippen LogP contribution in [0.25, 0.3) is 33.3 Å². The zero-order valence-electron chi connectivity index (χ0n) is 15.2. The molecule has 4 nitrogen and oxygen atoms in total. The molecule has 0 saturated heterocycles. The third kappa shape index (κ3) is 3.11. The minimum absolute atomic E-state index is 0. The van der Waals surface area contributed by atoms with E-state index in [0.29, 0.717) is 10.9 Å². The molecule has 2 aromatic heterocycles. The number of nitrogens with zero attached hydrogens (tertiary/aromatic N) is 1. The first-order chi connectivity index (χ1) is 13.1. The van der Waals surface area contributed by atoms with Gasteiger partial charge in [-0.1, -0.05) is 54.6 Å². The monoisotopic (exact) mass is 389 g/mol. The van der Waals surface area contributed by atoms with Crippen molar-refractivity contribution in [2.45, 2.75) is 18.4 Å². The number of nitrogens with one attached hydrogen (secondary N) is 1. The van der Waals surface area contributed by atoms with E-state index in [2.05, 4.69) is 29.2 Å². The van der Waals surface area contributed by atoms with Crippen molar-refractivity contribution in [2.75, 3.05) is 0 Å². The Hall–Kier alpha value is -2.95. The number of hydrogen-bond donors (Lipinski definition) is 2. The van der Waals surface area contributed by atoms with Gasteiger partial charge in [-0.15, -0.1) is 12.4 Å². The highest BCUT2D eigenvalue weighted by Crippen LogP contribution is 2.43. The van der Waals surface area contributed by atoms with Crippen molar-refractivity contribution in [1.82, 2.24) is 9.97 Å². The van der Waals surface area contributed by atoms with E-state index < -0.39 is 0 Å². The molecule has 0 radical (unpaired) electrons. The maximum Gasteiger partial charge on any atom is 0.257 e. The number of pyridine rings is 2. The molecule has 140 valence electrons. The van der Waals surface area contributed by atoms with Crippen LogP contribution in [0, 0.1) is 0 Å². The average Bonchev–Trinajstić information content (AvgIpc) is 3.47. The van der Waals surface area contributed by atoms with Crippen LogP contribution in [0.4, 0.5) is 0 Å². The van der Waals surface area contributed by atoms with E-state index in [1.165, 1.54) is 5.56 Å². The van der Waals surface area contributed by atoms with E-state index in [9.17, 15) is 4.79 Å². The number of nitrogens with two attached hydrogens (primary N) is 1. The Balaban J connectivity index is 0.00000192. The van der Waals surface area contributed by atoms with Crippen molar-refractivity contribution in [3.05, 3.63) is 88.8 Å². The Morgan fingerprint density at radius 1 is 0.929 bits per heavy atom. The lowest BCUT2D eigenvalue weighted by Crippen LogP contribution is -2.18. The van der Waals surface area contributed by atoms with Crippen LogP contribution in [0.2, 0.25) is 0 Å². The molecule has 5 rings (SSSR count). The topological polar surface area (TPSA) is 71.8 Å². The van der Waals surface area contributed by atoms with Crippen LogP contribution in [0.1, 0.15) is 18.4 Å². The lowest BCUT2D eigenvalue weighted by Gasteiger charge is -2.13. The molecule has 0 aliphatic heterocycles. The van der Waals surface area contributed by atoms with Crippen molar-refractivity contribution in [1.29, 1.82) is 0 Å². The van der Waals surface area contributed by atoms with Gasteiger partial charge in [0.05, 0.1) is 16.6 Å². The molecule has 0 bridgehead atoms. The largest absolute Gasteiger partial charge is 0.328 e. The van der Waals surface area contributed by atoms with Crippen LogP contribution < -0.4 is 11.3 Å². The van der Waals surface area contributed by atoms with Gasteiger partial charge in [0, 0.05) is 22.9 Å². The second-order valence-corrected chi connectivity index (χ2v) is 7.22. The molecule has 0 atom stereocenters. The number of hydrogen-bond acceptors (Lipinski definition) is 3. The van der Waals surface area contributed by atoms with Gasteiger partial charge in [-0.25, -0.2) is 4.98 Å². The zero-order chi connectivity index (χ0) is 18.4. The van der Waals surface area contributed by atoms with Gasteiger partial charge in [0.1, 0.15) is 0 Å². The first-order valence-electron chi connectivity index (χ1n) is 9.12. The Labute approximate surface area is 168 Å². The molecular weight excluding hydrogens is 370 g/mol.